The number of ether oxygens (including phenoxy) is 1. The summed E-state index contributed by atoms with van der Waals surface area (Å²) in [4.78, 5) is 17.4. The van der Waals surface area contributed by atoms with Crippen LogP contribution in [-0.2, 0) is 17.8 Å². The zero-order valence-electron chi connectivity index (χ0n) is 16.6. The van der Waals surface area contributed by atoms with E-state index in [2.05, 4.69) is 50.9 Å². The quantitative estimate of drug-likeness (QED) is 0.507. The van der Waals surface area contributed by atoms with Crippen molar-refractivity contribution in [1.82, 2.24) is 19.9 Å². The highest BCUT2D eigenvalue weighted by molar-refractivity contribution is 7.17. The molecule has 1 aliphatic heterocycles. The highest BCUT2D eigenvalue weighted by Gasteiger charge is 2.18. The van der Waals surface area contributed by atoms with E-state index in [0.717, 1.165) is 60.3 Å². The molecule has 1 aliphatic rings. The van der Waals surface area contributed by atoms with Gasteiger partial charge in [-0.25, -0.2) is 9.97 Å². The van der Waals surface area contributed by atoms with Crippen LogP contribution >= 0.6 is 11.3 Å². The average Bonchev–Trinajstić information content (AvgIpc) is 3.24. The van der Waals surface area contributed by atoms with Crippen LogP contribution in [0.3, 0.4) is 0 Å². The number of nitrogens with zero attached hydrogens (tertiary/aromatic N) is 4. The molecule has 0 atom stereocenters. The van der Waals surface area contributed by atoms with Crippen LogP contribution in [0.25, 0.3) is 21.3 Å². The summed E-state index contributed by atoms with van der Waals surface area (Å²) < 4.78 is 5.47. The summed E-state index contributed by atoms with van der Waals surface area (Å²) in [5.74, 6) is 1.73. The van der Waals surface area contributed by atoms with Gasteiger partial charge in [-0.2, -0.15) is 0 Å². The van der Waals surface area contributed by atoms with Gasteiger partial charge in [-0.3, -0.25) is 9.88 Å². The first kappa shape index (κ1) is 19.1. The minimum Gasteiger partial charge on any atom is -0.379 e. The first-order valence-corrected chi connectivity index (χ1v) is 11.0. The number of pyridine rings is 1. The van der Waals surface area contributed by atoms with E-state index in [0.29, 0.717) is 6.54 Å². The monoisotopic (exact) mass is 417 g/mol. The maximum atomic E-state index is 5.47. The van der Waals surface area contributed by atoms with Crippen molar-refractivity contribution in [1.29, 1.82) is 0 Å². The molecule has 1 aromatic carbocycles. The summed E-state index contributed by atoms with van der Waals surface area (Å²) in [5, 5.41) is 6.82. The van der Waals surface area contributed by atoms with Gasteiger partial charge in [0.05, 0.1) is 25.1 Å². The third-order valence-electron chi connectivity index (χ3n) is 5.22. The lowest BCUT2D eigenvalue weighted by atomic mass is 10.1. The molecule has 5 rings (SSSR count). The Morgan fingerprint density at radius 1 is 1.03 bits per heavy atom. The molecular formula is C23H23N5OS. The van der Waals surface area contributed by atoms with Crippen LogP contribution in [0, 0.1) is 0 Å². The Labute approximate surface area is 179 Å². The summed E-state index contributed by atoms with van der Waals surface area (Å²) in [6.07, 6.45) is 3.67. The van der Waals surface area contributed by atoms with Gasteiger partial charge in [-0.1, -0.05) is 36.4 Å². The smallest absolute Gasteiger partial charge is 0.146 e. The highest BCUT2D eigenvalue weighted by Crippen LogP contribution is 2.37. The van der Waals surface area contributed by atoms with E-state index in [4.69, 9.17) is 14.7 Å². The Morgan fingerprint density at radius 3 is 2.70 bits per heavy atom. The molecule has 0 bridgehead atoms. The van der Waals surface area contributed by atoms with Crippen LogP contribution in [0.2, 0.25) is 0 Å². The molecule has 0 aliphatic carbocycles. The van der Waals surface area contributed by atoms with E-state index in [1.54, 1.807) is 17.5 Å². The standard InChI is InChI=1S/C23H23N5OS/c1-2-6-18(7-3-1)19-16-30-23-21(19)22(25-14-17-5-4-8-24-13-17)26-20(27-23)15-28-9-11-29-12-10-28/h1-8,13,16H,9-12,14-15H2,(H,25,26,27). The molecule has 1 N–H and O–H groups in total. The highest BCUT2D eigenvalue weighted by atomic mass is 32.1. The fourth-order valence-corrected chi connectivity index (χ4v) is 4.63. The number of aromatic nitrogens is 3. The number of anilines is 1. The van der Waals surface area contributed by atoms with E-state index >= 15 is 0 Å². The van der Waals surface area contributed by atoms with Crippen molar-refractivity contribution in [2.75, 3.05) is 31.6 Å². The minimum absolute atomic E-state index is 0.668. The van der Waals surface area contributed by atoms with Crippen molar-refractivity contribution >= 4 is 27.4 Å². The predicted molar refractivity (Wildman–Crippen MR) is 121 cm³/mol. The second-order valence-electron chi connectivity index (χ2n) is 7.29. The van der Waals surface area contributed by atoms with Crippen LogP contribution in [-0.4, -0.2) is 46.2 Å². The lowest BCUT2D eigenvalue weighted by Gasteiger charge is -2.25. The van der Waals surface area contributed by atoms with Crippen LogP contribution < -0.4 is 5.32 Å². The van der Waals surface area contributed by atoms with Gasteiger partial charge in [-0.05, 0) is 17.2 Å². The van der Waals surface area contributed by atoms with E-state index < -0.39 is 0 Å². The molecule has 30 heavy (non-hydrogen) atoms. The zero-order chi connectivity index (χ0) is 20.2. The Kier molecular flexibility index (Phi) is 5.65. The third-order valence-corrected chi connectivity index (χ3v) is 6.09. The molecule has 0 amide bonds. The van der Waals surface area contributed by atoms with Crippen molar-refractivity contribution in [3.05, 3.63) is 71.6 Å². The fourth-order valence-electron chi connectivity index (χ4n) is 3.66. The van der Waals surface area contributed by atoms with Gasteiger partial charge in [-0.15, -0.1) is 11.3 Å². The van der Waals surface area contributed by atoms with Crippen molar-refractivity contribution in [3.63, 3.8) is 0 Å². The Bertz CT molecular complexity index is 1110. The number of hydrogen-bond donors (Lipinski definition) is 1. The molecule has 6 nitrogen and oxygen atoms in total. The molecule has 7 heteroatoms. The van der Waals surface area contributed by atoms with Gasteiger partial charge in [0, 0.05) is 43.0 Å². The van der Waals surface area contributed by atoms with Crippen LogP contribution in [0.15, 0.2) is 60.2 Å². The lowest BCUT2D eigenvalue weighted by Crippen LogP contribution is -2.36. The molecule has 4 heterocycles. The Hall–Kier alpha value is -2.87. The molecule has 0 unspecified atom stereocenters. The van der Waals surface area contributed by atoms with Gasteiger partial charge >= 0.3 is 0 Å². The maximum Gasteiger partial charge on any atom is 0.146 e. The lowest BCUT2D eigenvalue weighted by molar-refractivity contribution is 0.0331. The third kappa shape index (κ3) is 4.18. The summed E-state index contributed by atoms with van der Waals surface area (Å²) >= 11 is 1.67. The van der Waals surface area contributed by atoms with Gasteiger partial charge in [0.15, 0.2) is 0 Å². The Morgan fingerprint density at radius 2 is 1.90 bits per heavy atom. The van der Waals surface area contributed by atoms with E-state index in [1.807, 2.05) is 18.3 Å². The zero-order valence-corrected chi connectivity index (χ0v) is 17.4. The predicted octanol–water partition coefficient (Wildman–Crippen LogP) is 4.20. The molecule has 152 valence electrons. The van der Waals surface area contributed by atoms with Crippen molar-refractivity contribution in [2.45, 2.75) is 13.1 Å². The molecule has 0 spiro atoms. The van der Waals surface area contributed by atoms with E-state index in [1.165, 1.54) is 11.1 Å². The maximum absolute atomic E-state index is 5.47. The van der Waals surface area contributed by atoms with E-state index in [-0.39, 0.29) is 0 Å². The number of nitrogens with one attached hydrogen (secondary N) is 1. The first-order chi connectivity index (χ1) is 14.9. The van der Waals surface area contributed by atoms with Gasteiger partial charge in [0.2, 0.25) is 0 Å². The molecule has 1 fully saturated rings. The molecule has 4 aromatic rings. The van der Waals surface area contributed by atoms with Crippen molar-refractivity contribution in [3.8, 4) is 11.1 Å². The normalized spacial score (nSPS) is 14.8. The Balaban J connectivity index is 1.52. The van der Waals surface area contributed by atoms with Gasteiger partial charge < -0.3 is 10.1 Å². The number of benzene rings is 1. The number of hydrogen-bond acceptors (Lipinski definition) is 7. The molecule has 0 radical (unpaired) electrons. The van der Waals surface area contributed by atoms with Crippen LogP contribution in [0.5, 0.6) is 0 Å². The molecule has 3 aromatic heterocycles. The minimum atomic E-state index is 0.668. The number of morpholine rings is 1. The topological polar surface area (TPSA) is 63.2 Å². The van der Waals surface area contributed by atoms with Crippen LogP contribution in [0.1, 0.15) is 11.4 Å². The average molecular weight is 418 g/mol. The van der Waals surface area contributed by atoms with Gasteiger partial charge in [0.1, 0.15) is 16.5 Å². The fraction of sp³-hybridized carbons (Fsp3) is 0.261. The van der Waals surface area contributed by atoms with E-state index in [9.17, 15) is 0 Å². The second kappa shape index (κ2) is 8.87. The van der Waals surface area contributed by atoms with Crippen molar-refractivity contribution < 1.29 is 4.74 Å². The number of fused-ring (bicyclic) bond motifs is 1. The number of rotatable bonds is 6. The summed E-state index contributed by atoms with van der Waals surface area (Å²) in [6.45, 7) is 4.77. The van der Waals surface area contributed by atoms with Gasteiger partial charge in [0.25, 0.3) is 0 Å². The molecule has 0 saturated carbocycles. The van der Waals surface area contributed by atoms with Crippen LogP contribution in [0.4, 0.5) is 5.82 Å². The SMILES string of the molecule is c1ccc(-c2csc3nc(CN4CCOCC4)nc(NCc4cccnc4)c23)cc1. The second-order valence-corrected chi connectivity index (χ2v) is 8.15. The summed E-state index contributed by atoms with van der Waals surface area (Å²) in [7, 11) is 0. The number of thiophene rings is 1. The largest absolute Gasteiger partial charge is 0.379 e. The summed E-state index contributed by atoms with van der Waals surface area (Å²) in [6, 6.07) is 14.5. The first-order valence-electron chi connectivity index (χ1n) is 10.1. The van der Waals surface area contributed by atoms with Crippen molar-refractivity contribution in [2.24, 2.45) is 0 Å². The molecule has 1 saturated heterocycles. The summed E-state index contributed by atoms with van der Waals surface area (Å²) in [5.41, 5.74) is 3.47. The molecular weight excluding hydrogens is 394 g/mol.